The highest BCUT2D eigenvalue weighted by Gasteiger charge is 2.24. The Kier molecular flexibility index (Phi) is 6.05. The Bertz CT molecular complexity index is 871. The monoisotopic (exact) mass is 372 g/mol. The molecule has 3 aromatic rings. The smallest absolute Gasteiger partial charge is 0.119 e. The van der Waals surface area contributed by atoms with Crippen LogP contribution in [0.1, 0.15) is 28.3 Å². The molecule has 0 aromatic heterocycles. The minimum atomic E-state index is 0.283. The van der Waals surface area contributed by atoms with Crippen LogP contribution < -0.4 is 10.1 Å². The molecule has 1 saturated heterocycles. The number of aryl methyl sites for hydroxylation is 1. The predicted molar refractivity (Wildman–Crippen MR) is 115 cm³/mol. The number of ether oxygens (including phenoxy) is 1. The summed E-state index contributed by atoms with van der Waals surface area (Å²) in [4.78, 5) is 2.57. The molecule has 0 amide bonds. The van der Waals surface area contributed by atoms with Gasteiger partial charge in [-0.25, -0.2) is 0 Å². The topological polar surface area (TPSA) is 24.5 Å². The molecular formula is C25H28N2O. The normalized spacial score (nSPS) is 15.9. The molecule has 0 radical (unpaired) electrons. The van der Waals surface area contributed by atoms with E-state index >= 15 is 0 Å². The Morgan fingerprint density at radius 1 is 0.857 bits per heavy atom. The number of hydrogen-bond acceptors (Lipinski definition) is 3. The lowest BCUT2D eigenvalue weighted by Gasteiger charge is -2.35. The van der Waals surface area contributed by atoms with Gasteiger partial charge in [-0.2, -0.15) is 0 Å². The second-order valence-electron chi connectivity index (χ2n) is 7.45. The highest BCUT2D eigenvalue weighted by molar-refractivity contribution is 5.37. The lowest BCUT2D eigenvalue weighted by atomic mass is 9.95. The summed E-state index contributed by atoms with van der Waals surface area (Å²) in [6.07, 6.45) is 0. The van der Waals surface area contributed by atoms with Gasteiger partial charge in [0.2, 0.25) is 0 Å². The van der Waals surface area contributed by atoms with Gasteiger partial charge in [0, 0.05) is 26.2 Å². The van der Waals surface area contributed by atoms with Gasteiger partial charge in [0.05, 0.1) is 6.04 Å². The quantitative estimate of drug-likeness (QED) is 0.686. The molecule has 0 bridgehead atoms. The molecule has 3 aromatic carbocycles. The molecule has 0 saturated carbocycles. The molecule has 1 aliphatic rings. The van der Waals surface area contributed by atoms with Gasteiger partial charge in [-0.3, -0.25) is 4.90 Å². The zero-order valence-corrected chi connectivity index (χ0v) is 16.5. The van der Waals surface area contributed by atoms with Crippen molar-refractivity contribution >= 4 is 0 Å². The second kappa shape index (κ2) is 9.05. The van der Waals surface area contributed by atoms with Crippen LogP contribution >= 0.6 is 0 Å². The zero-order valence-electron chi connectivity index (χ0n) is 16.5. The van der Waals surface area contributed by atoms with Crippen molar-refractivity contribution in [3.05, 3.63) is 101 Å². The summed E-state index contributed by atoms with van der Waals surface area (Å²) in [5.41, 5.74) is 5.17. The van der Waals surface area contributed by atoms with E-state index in [-0.39, 0.29) is 6.04 Å². The molecule has 144 valence electrons. The predicted octanol–water partition coefficient (Wildman–Crippen LogP) is 4.57. The van der Waals surface area contributed by atoms with E-state index in [1.807, 2.05) is 18.2 Å². The number of benzene rings is 3. The van der Waals surface area contributed by atoms with E-state index in [2.05, 4.69) is 77.8 Å². The van der Waals surface area contributed by atoms with Gasteiger partial charge in [-0.1, -0.05) is 72.3 Å². The summed E-state index contributed by atoms with van der Waals surface area (Å²) in [7, 11) is 0. The summed E-state index contributed by atoms with van der Waals surface area (Å²) in [5.74, 6) is 0.913. The van der Waals surface area contributed by atoms with Crippen LogP contribution in [0.3, 0.4) is 0 Å². The summed E-state index contributed by atoms with van der Waals surface area (Å²) >= 11 is 0. The summed E-state index contributed by atoms with van der Waals surface area (Å²) in [6, 6.07) is 28.1. The molecule has 1 heterocycles. The Morgan fingerprint density at radius 3 is 2.32 bits per heavy atom. The van der Waals surface area contributed by atoms with Crippen molar-refractivity contribution in [2.75, 3.05) is 26.2 Å². The number of rotatable bonds is 6. The first-order valence-corrected chi connectivity index (χ1v) is 10.1. The molecule has 0 spiro atoms. The number of hydrogen-bond donors (Lipinski definition) is 1. The maximum Gasteiger partial charge on any atom is 0.119 e. The highest BCUT2D eigenvalue weighted by atomic mass is 16.5. The van der Waals surface area contributed by atoms with Gasteiger partial charge >= 0.3 is 0 Å². The van der Waals surface area contributed by atoms with E-state index in [0.29, 0.717) is 6.61 Å². The van der Waals surface area contributed by atoms with E-state index in [1.54, 1.807) is 0 Å². The van der Waals surface area contributed by atoms with Crippen molar-refractivity contribution in [3.63, 3.8) is 0 Å². The molecule has 0 aliphatic carbocycles. The average molecular weight is 373 g/mol. The number of nitrogens with one attached hydrogen (secondary N) is 1. The van der Waals surface area contributed by atoms with E-state index in [9.17, 15) is 0 Å². The molecule has 1 atom stereocenters. The minimum absolute atomic E-state index is 0.283. The SMILES string of the molecule is Cc1cccc(C(c2ccc(OCc3ccccc3)cc2)N2CCNCC2)c1. The Balaban J connectivity index is 1.54. The van der Waals surface area contributed by atoms with Gasteiger partial charge < -0.3 is 10.1 Å². The van der Waals surface area contributed by atoms with Crippen LogP contribution in [0.5, 0.6) is 5.75 Å². The molecule has 1 unspecified atom stereocenters. The lowest BCUT2D eigenvalue weighted by molar-refractivity contribution is 0.198. The molecule has 4 rings (SSSR count). The number of nitrogens with zero attached hydrogens (tertiary/aromatic N) is 1. The first kappa shape index (κ1) is 18.7. The van der Waals surface area contributed by atoms with E-state index in [0.717, 1.165) is 31.9 Å². The third-order valence-corrected chi connectivity index (χ3v) is 5.32. The first-order valence-electron chi connectivity index (χ1n) is 10.1. The molecule has 1 aliphatic heterocycles. The molecule has 1 fully saturated rings. The van der Waals surface area contributed by atoms with Crippen molar-refractivity contribution < 1.29 is 4.74 Å². The van der Waals surface area contributed by atoms with Gasteiger partial charge in [0.1, 0.15) is 12.4 Å². The average Bonchev–Trinajstić information content (AvgIpc) is 2.75. The summed E-state index contributed by atoms with van der Waals surface area (Å²) in [6.45, 7) is 6.97. The second-order valence-corrected chi connectivity index (χ2v) is 7.45. The third-order valence-electron chi connectivity index (χ3n) is 5.32. The van der Waals surface area contributed by atoms with E-state index in [4.69, 9.17) is 4.74 Å². The third kappa shape index (κ3) is 4.61. The fraction of sp³-hybridized carbons (Fsp3) is 0.280. The number of piperazine rings is 1. The van der Waals surface area contributed by atoms with Crippen LogP contribution in [-0.4, -0.2) is 31.1 Å². The van der Waals surface area contributed by atoms with Crippen molar-refractivity contribution in [2.45, 2.75) is 19.6 Å². The fourth-order valence-electron chi connectivity index (χ4n) is 3.88. The first-order chi connectivity index (χ1) is 13.8. The Hall–Kier alpha value is -2.62. The standard InChI is InChI=1S/C25H28N2O/c1-20-6-5-9-23(18-20)25(27-16-14-26-15-17-27)22-10-12-24(13-11-22)28-19-21-7-3-2-4-8-21/h2-13,18,25-26H,14-17,19H2,1H3. The Morgan fingerprint density at radius 2 is 1.61 bits per heavy atom. The van der Waals surface area contributed by atoms with Crippen molar-refractivity contribution in [1.82, 2.24) is 10.2 Å². The molecule has 28 heavy (non-hydrogen) atoms. The largest absolute Gasteiger partial charge is 0.489 e. The van der Waals surface area contributed by atoms with Crippen LogP contribution in [-0.2, 0) is 6.61 Å². The fourth-order valence-corrected chi connectivity index (χ4v) is 3.88. The van der Waals surface area contributed by atoms with Crippen LogP contribution in [0.25, 0.3) is 0 Å². The Labute approximate surface area is 168 Å². The minimum Gasteiger partial charge on any atom is -0.489 e. The van der Waals surface area contributed by atoms with Crippen LogP contribution in [0, 0.1) is 6.92 Å². The highest BCUT2D eigenvalue weighted by Crippen LogP contribution is 2.30. The van der Waals surface area contributed by atoms with Gasteiger partial charge in [0.15, 0.2) is 0 Å². The summed E-state index contributed by atoms with van der Waals surface area (Å²) in [5, 5.41) is 3.46. The van der Waals surface area contributed by atoms with Gasteiger partial charge in [-0.05, 0) is 35.7 Å². The lowest BCUT2D eigenvalue weighted by Crippen LogP contribution is -2.45. The maximum atomic E-state index is 5.97. The van der Waals surface area contributed by atoms with Crippen molar-refractivity contribution in [1.29, 1.82) is 0 Å². The van der Waals surface area contributed by atoms with Gasteiger partial charge in [-0.15, -0.1) is 0 Å². The maximum absolute atomic E-state index is 5.97. The molecular weight excluding hydrogens is 344 g/mol. The van der Waals surface area contributed by atoms with Gasteiger partial charge in [0.25, 0.3) is 0 Å². The van der Waals surface area contributed by atoms with Crippen LogP contribution in [0.2, 0.25) is 0 Å². The van der Waals surface area contributed by atoms with E-state index in [1.165, 1.54) is 22.3 Å². The zero-order chi connectivity index (χ0) is 19.2. The van der Waals surface area contributed by atoms with Crippen molar-refractivity contribution in [3.8, 4) is 5.75 Å². The molecule has 3 heteroatoms. The molecule has 1 N–H and O–H groups in total. The van der Waals surface area contributed by atoms with Crippen molar-refractivity contribution in [2.24, 2.45) is 0 Å². The molecule has 3 nitrogen and oxygen atoms in total. The summed E-state index contributed by atoms with van der Waals surface area (Å²) < 4.78 is 5.97. The van der Waals surface area contributed by atoms with Crippen LogP contribution in [0.4, 0.5) is 0 Å². The van der Waals surface area contributed by atoms with Crippen LogP contribution in [0.15, 0.2) is 78.9 Å². The van der Waals surface area contributed by atoms with E-state index < -0.39 is 0 Å².